The Kier molecular flexibility index (Phi) is 3.62. The third-order valence-corrected chi connectivity index (χ3v) is 3.17. The molecule has 2 amide bonds. The van der Waals surface area contributed by atoms with Gasteiger partial charge in [-0.1, -0.05) is 0 Å². The van der Waals surface area contributed by atoms with E-state index in [1.807, 2.05) is 23.0 Å². The monoisotopic (exact) mass is 271 g/mol. The standard InChI is InChI=1S/C14H17N5O/c20-14(16-12-1-2-12)17-13-6-10-19(18-13)9-5-11-3-7-15-8-4-11/h3-4,6-8,10,12H,1-2,5,9H2,(H2,16,17,18,20). The third-order valence-electron chi connectivity index (χ3n) is 3.17. The van der Waals surface area contributed by atoms with E-state index in [0.717, 1.165) is 25.8 Å². The van der Waals surface area contributed by atoms with Crippen molar-refractivity contribution in [1.82, 2.24) is 20.1 Å². The number of rotatable bonds is 5. The number of hydrogen-bond acceptors (Lipinski definition) is 3. The number of amides is 2. The number of aromatic nitrogens is 3. The molecular weight excluding hydrogens is 254 g/mol. The van der Waals surface area contributed by atoms with Crippen molar-refractivity contribution in [2.45, 2.75) is 31.8 Å². The van der Waals surface area contributed by atoms with Crippen LogP contribution in [0, 0.1) is 0 Å². The molecule has 2 N–H and O–H groups in total. The van der Waals surface area contributed by atoms with Gasteiger partial charge in [0.15, 0.2) is 5.82 Å². The van der Waals surface area contributed by atoms with Crippen LogP contribution in [0.3, 0.4) is 0 Å². The van der Waals surface area contributed by atoms with E-state index in [2.05, 4.69) is 20.7 Å². The van der Waals surface area contributed by atoms with Crippen LogP contribution in [0.1, 0.15) is 18.4 Å². The van der Waals surface area contributed by atoms with Gasteiger partial charge in [0.25, 0.3) is 0 Å². The number of carbonyl (C=O) groups is 1. The first-order valence-electron chi connectivity index (χ1n) is 6.79. The van der Waals surface area contributed by atoms with Crippen LogP contribution in [0.4, 0.5) is 10.6 Å². The molecule has 1 aliphatic carbocycles. The minimum atomic E-state index is -0.174. The summed E-state index contributed by atoms with van der Waals surface area (Å²) in [6, 6.07) is 5.96. The molecule has 0 radical (unpaired) electrons. The average Bonchev–Trinajstić information content (AvgIpc) is 3.15. The summed E-state index contributed by atoms with van der Waals surface area (Å²) in [6.07, 6.45) is 8.48. The molecule has 1 fully saturated rings. The van der Waals surface area contributed by atoms with Gasteiger partial charge in [0, 0.05) is 37.2 Å². The lowest BCUT2D eigenvalue weighted by molar-refractivity contribution is 0.251. The van der Waals surface area contributed by atoms with Crippen LogP contribution < -0.4 is 10.6 Å². The highest BCUT2D eigenvalue weighted by atomic mass is 16.2. The van der Waals surface area contributed by atoms with Crippen molar-refractivity contribution in [2.24, 2.45) is 0 Å². The number of hydrogen-bond donors (Lipinski definition) is 2. The second kappa shape index (κ2) is 5.73. The van der Waals surface area contributed by atoms with Crippen molar-refractivity contribution >= 4 is 11.8 Å². The van der Waals surface area contributed by atoms with Crippen LogP contribution >= 0.6 is 0 Å². The maximum atomic E-state index is 11.6. The van der Waals surface area contributed by atoms with Crippen LogP contribution in [0.2, 0.25) is 0 Å². The Morgan fingerprint density at radius 3 is 2.85 bits per heavy atom. The molecule has 3 rings (SSSR count). The predicted molar refractivity (Wildman–Crippen MR) is 75.3 cm³/mol. The zero-order chi connectivity index (χ0) is 13.8. The largest absolute Gasteiger partial charge is 0.335 e. The molecule has 0 unspecified atom stereocenters. The SMILES string of the molecule is O=C(Nc1ccn(CCc2ccncc2)n1)NC1CC1. The van der Waals surface area contributed by atoms with E-state index in [-0.39, 0.29) is 6.03 Å². The Morgan fingerprint density at radius 2 is 2.10 bits per heavy atom. The molecule has 0 atom stereocenters. The maximum Gasteiger partial charge on any atom is 0.320 e. The summed E-state index contributed by atoms with van der Waals surface area (Å²) in [6.45, 7) is 0.774. The number of nitrogens with one attached hydrogen (secondary N) is 2. The summed E-state index contributed by atoms with van der Waals surface area (Å²) in [5, 5.41) is 9.93. The first-order valence-corrected chi connectivity index (χ1v) is 6.79. The van der Waals surface area contributed by atoms with Gasteiger partial charge in [-0.15, -0.1) is 0 Å². The fourth-order valence-electron chi connectivity index (χ4n) is 1.91. The molecule has 6 nitrogen and oxygen atoms in total. The highest BCUT2D eigenvalue weighted by Gasteiger charge is 2.23. The normalized spacial score (nSPS) is 14.0. The minimum absolute atomic E-state index is 0.174. The fourth-order valence-corrected chi connectivity index (χ4v) is 1.91. The van der Waals surface area contributed by atoms with Gasteiger partial charge in [-0.05, 0) is 37.0 Å². The number of carbonyl (C=O) groups excluding carboxylic acids is 1. The average molecular weight is 271 g/mol. The van der Waals surface area contributed by atoms with Crippen molar-refractivity contribution in [1.29, 1.82) is 0 Å². The lowest BCUT2D eigenvalue weighted by Crippen LogP contribution is -2.30. The van der Waals surface area contributed by atoms with Gasteiger partial charge in [-0.2, -0.15) is 5.10 Å². The Hall–Kier alpha value is -2.37. The Morgan fingerprint density at radius 1 is 1.30 bits per heavy atom. The summed E-state index contributed by atoms with van der Waals surface area (Å²) in [5.74, 6) is 0.581. The van der Waals surface area contributed by atoms with E-state index in [4.69, 9.17) is 0 Å². The van der Waals surface area contributed by atoms with Gasteiger partial charge >= 0.3 is 6.03 Å². The summed E-state index contributed by atoms with van der Waals surface area (Å²) in [4.78, 5) is 15.6. The molecule has 0 saturated heterocycles. The Bertz CT molecular complexity index is 576. The van der Waals surface area contributed by atoms with E-state index < -0.39 is 0 Å². The van der Waals surface area contributed by atoms with E-state index in [1.165, 1.54) is 5.56 Å². The first kappa shape index (κ1) is 12.7. The quantitative estimate of drug-likeness (QED) is 0.871. The van der Waals surface area contributed by atoms with Gasteiger partial charge in [0.1, 0.15) is 0 Å². The van der Waals surface area contributed by atoms with Gasteiger partial charge in [-0.25, -0.2) is 4.79 Å². The van der Waals surface area contributed by atoms with E-state index in [1.54, 1.807) is 18.5 Å². The van der Waals surface area contributed by atoms with Gasteiger partial charge < -0.3 is 5.32 Å². The van der Waals surface area contributed by atoms with Crippen LogP contribution in [0.5, 0.6) is 0 Å². The fraction of sp³-hybridized carbons (Fsp3) is 0.357. The van der Waals surface area contributed by atoms with Gasteiger partial charge in [-0.3, -0.25) is 15.0 Å². The zero-order valence-electron chi connectivity index (χ0n) is 11.1. The summed E-state index contributed by atoms with van der Waals surface area (Å²) in [7, 11) is 0. The molecule has 2 heterocycles. The van der Waals surface area contributed by atoms with E-state index in [9.17, 15) is 4.79 Å². The molecule has 20 heavy (non-hydrogen) atoms. The minimum Gasteiger partial charge on any atom is -0.335 e. The van der Waals surface area contributed by atoms with Crippen LogP contribution in [-0.4, -0.2) is 26.8 Å². The number of pyridine rings is 1. The first-order chi connectivity index (χ1) is 9.79. The van der Waals surface area contributed by atoms with Crippen molar-refractivity contribution in [3.05, 3.63) is 42.4 Å². The lowest BCUT2D eigenvalue weighted by atomic mass is 10.2. The maximum absolute atomic E-state index is 11.6. The molecule has 2 aromatic heterocycles. The molecule has 1 saturated carbocycles. The summed E-state index contributed by atoms with van der Waals surface area (Å²) >= 11 is 0. The van der Waals surface area contributed by atoms with Crippen LogP contribution in [0.25, 0.3) is 0 Å². The Balaban J connectivity index is 1.49. The molecule has 6 heteroatoms. The van der Waals surface area contributed by atoms with E-state index in [0.29, 0.717) is 11.9 Å². The van der Waals surface area contributed by atoms with Crippen molar-refractivity contribution in [3.63, 3.8) is 0 Å². The van der Waals surface area contributed by atoms with Crippen molar-refractivity contribution in [2.75, 3.05) is 5.32 Å². The van der Waals surface area contributed by atoms with Crippen molar-refractivity contribution < 1.29 is 4.79 Å². The molecule has 104 valence electrons. The van der Waals surface area contributed by atoms with Crippen LogP contribution in [0.15, 0.2) is 36.8 Å². The zero-order valence-corrected chi connectivity index (χ0v) is 11.1. The summed E-state index contributed by atoms with van der Waals surface area (Å²) in [5.41, 5.74) is 1.22. The summed E-state index contributed by atoms with van der Waals surface area (Å²) < 4.78 is 1.83. The lowest BCUT2D eigenvalue weighted by Gasteiger charge is -2.04. The molecular formula is C14H17N5O. The third kappa shape index (κ3) is 3.57. The van der Waals surface area contributed by atoms with Gasteiger partial charge in [0.2, 0.25) is 0 Å². The second-order valence-corrected chi connectivity index (χ2v) is 4.94. The highest BCUT2D eigenvalue weighted by molar-refractivity contribution is 5.88. The molecule has 0 spiro atoms. The van der Waals surface area contributed by atoms with E-state index >= 15 is 0 Å². The topological polar surface area (TPSA) is 71.8 Å². The highest BCUT2D eigenvalue weighted by Crippen LogP contribution is 2.18. The molecule has 0 aliphatic heterocycles. The second-order valence-electron chi connectivity index (χ2n) is 4.94. The molecule has 1 aliphatic rings. The van der Waals surface area contributed by atoms with Crippen molar-refractivity contribution in [3.8, 4) is 0 Å². The predicted octanol–water partition coefficient (Wildman–Crippen LogP) is 1.80. The number of aryl methyl sites for hydroxylation is 2. The molecule has 2 aromatic rings. The number of nitrogens with zero attached hydrogens (tertiary/aromatic N) is 3. The Labute approximate surface area is 117 Å². The smallest absolute Gasteiger partial charge is 0.320 e. The number of urea groups is 1. The molecule has 0 aromatic carbocycles. The number of anilines is 1. The van der Waals surface area contributed by atoms with Crippen LogP contribution in [-0.2, 0) is 13.0 Å². The van der Waals surface area contributed by atoms with Gasteiger partial charge in [0.05, 0.1) is 0 Å². The molecule has 0 bridgehead atoms.